The molecule has 2 rings (SSSR count). The molecule has 1 heterocycles. The van der Waals surface area contributed by atoms with Crippen molar-refractivity contribution in [1.29, 1.82) is 0 Å². The molecule has 2 N–H and O–H groups in total. The minimum atomic E-state index is -1.47. The van der Waals surface area contributed by atoms with Gasteiger partial charge in [-0.25, -0.2) is 18.6 Å². The summed E-state index contributed by atoms with van der Waals surface area (Å²) in [5.74, 6) is -4.63. The minimum Gasteiger partial charge on any atom is -0.478 e. The third-order valence-corrected chi connectivity index (χ3v) is 3.72. The Labute approximate surface area is 122 Å². The number of aromatic carboxylic acids is 1. The van der Waals surface area contributed by atoms with Crippen molar-refractivity contribution in [3.05, 3.63) is 44.9 Å². The molecule has 0 aliphatic rings. The number of carbonyl (C=O) groups is 2. The van der Waals surface area contributed by atoms with Crippen molar-refractivity contribution in [2.24, 2.45) is 0 Å². The van der Waals surface area contributed by atoms with Crippen molar-refractivity contribution in [3.63, 3.8) is 0 Å². The van der Waals surface area contributed by atoms with E-state index in [1.54, 1.807) is 13.8 Å². The third kappa shape index (κ3) is 3.05. The number of nitrogens with zero attached hydrogens (tertiary/aromatic N) is 1. The van der Waals surface area contributed by atoms with Crippen molar-refractivity contribution in [2.75, 3.05) is 5.32 Å². The number of carboxylic acid groups (broad SMARTS) is 1. The monoisotopic (exact) mass is 312 g/mol. The van der Waals surface area contributed by atoms with Crippen molar-refractivity contribution in [1.82, 2.24) is 4.98 Å². The van der Waals surface area contributed by atoms with Crippen LogP contribution < -0.4 is 5.32 Å². The van der Waals surface area contributed by atoms with E-state index in [0.29, 0.717) is 22.8 Å². The van der Waals surface area contributed by atoms with E-state index in [1.165, 1.54) is 0 Å². The summed E-state index contributed by atoms with van der Waals surface area (Å²) in [6.45, 7) is 3.34. The Bertz CT molecular complexity index is 743. The first-order chi connectivity index (χ1) is 9.79. The zero-order valence-electron chi connectivity index (χ0n) is 11.0. The van der Waals surface area contributed by atoms with Gasteiger partial charge in [0.05, 0.1) is 22.0 Å². The van der Waals surface area contributed by atoms with Crippen LogP contribution in [0.4, 0.5) is 14.5 Å². The van der Waals surface area contributed by atoms with Crippen LogP contribution in [-0.4, -0.2) is 22.0 Å². The average molecular weight is 312 g/mol. The van der Waals surface area contributed by atoms with Gasteiger partial charge in [0.2, 0.25) is 0 Å². The molecule has 0 saturated heterocycles. The fourth-order valence-corrected chi connectivity index (χ4v) is 2.56. The number of hydrogen-bond donors (Lipinski definition) is 2. The molecule has 1 aromatic carbocycles. The fourth-order valence-electron chi connectivity index (χ4n) is 1.75. The van der Waals surface area contributed by atoms with Gasteiger partial charge in [-0.1, -0.05) is 0 Å². The first kappa shape index (κ1) is 15.0. The molecule has 0 fully saturated rings. The third-order valence-electron chi connectivity index (χ3n) is 2.65. The molecule has 110 valence electrons. The number of carbonyl (C=O) groups excluding carboxylic acids is 1. The van der Waals surface area contributed by atoms with E-state index in [4.69, 9.17) is 5.11 Å². The van der Waals surface area contributed by atoms with Crippen LogP contribution in [0.15, 0.2) is 12.1 Å². The number of halogens is 2. The van der Waals surface area contributed by atoms with E-state index >= 15 is 0 Å². The highest BCUT2D eigenvalue weighted by Gasteiger charge is 2.20. The molecule has 0 bridgehead atoms. The number of carboxylic acids is 1. The number of aryl methyl sites for hydroxylation is 2. The maximum absolute atomic E-state index is 13.2. The Kier molecular flexibility index (Phi) is 3.99. The van der Waals surface area contributed by atoms with E-state index in [0.717, 1.165) is 11.3 Å². The minimum absolute atomic E-state index is 0.286. The Balaban J connectivity index is 2.39. The van der Waals surface area contributed by atoms with Crippen LogP contribution in [0.2, 0.25) is 0 Å². The number of hydrogen-bond acceptors (Lipinski definition) is 4. The smallest absolute Gasteiger partial charge is 0.337 e. The second kappa shape index (κ2) is 5.57. The topological polar surface area (TPSA) is 79.3 Å². The van der Waals surface area contributed by atoms with Crippen LogP contribution in [0.3, 0.4) is 0 Å². The van der Waals surface area contributed by atoms with Gasteiger partial charge < -0.3 is 10.4 Å². The van der Waals surface area contributed by atoms with Gasteiger partial charge in [-0.05, 0) is 19.9 Å². The Hall–Kier alpha value is -2.35. The van der Waals surface area contributed by atoms with Crippen molar-refractivity contribution in [3.8, 4) is 0 Å². The average Bonchev–Trinajstić information content (AvgIpc) is 2.72. The van der Waals surface area contributed by atoms with E-state index in [-0.39, 0.29) is 10.6 Å². The van der Waals surface area contributed by atoms with Crippen LogP contribution in [0.1, 0.15) is 30.7 Å². The lowest BCUT2D eigenvalue weighted by Crippen LogP contribution is -2.15. The highest BCUT2D eigenvalue weighted by molar-refractivity contribution is 7.13. The molecular weight excluding hydrogens is 302 g/mol. The fraction of sp³-hybridized carbons (Fsp3) is 0.154. The molecule has 0 radical (unpaired) electrons. The molecule has 21 heavy (non-hydrogen) atoms. The van der Waals surface area contributed by atoms with Crippen LogP contribution >= 0.6 is 11.3 Å². The highest BCUT2D eigenvalue weighted by Crippen LogP contribution is 2.23. The number of nitrogens with one attached hydrogen (secondary N) is 1. The summed E-state index contributed by atoms with van der Waals surface area (Å²) in [5.41, 5.74) is -0.354. The van der Waals surface area contributed by atoms with Crippen LogP contribution in [0, 0.1) is 25.5 Å². The maximum atomic E-state index is 13.2. The second-order valence-electron chi connectivity index (χ2n) is 4.22. The number of rotatable bonds is 3. The van der Waals surface area contributed by atoms with Crippen LogP contribution in [-0.2, 0) is 0 Å². The SMILES string of the molecule is Cc1nc(C)c(C(=O)Nc2cc(F)c(F)cc2C(=O)O)s1. The van der Waals surface area contributed by atoms with Crippen LogP contribution in [0.5, 0.6) is 0 Å². The Morgan fingerprint density at radius 3 is 2.38 bits per heavy atom. The molecule has 1 amide bonds. The van der Waals surface area contributed by atoms with Gasteiger partial charge >= 0.3 is 5.97 Å². The molecule has 5 nitrogen and oxygen atoms in total. The lowest BCUT2D eigenvalue weighted by molar-refractivity contribution is 0.0697. The summed E-state index contributed by atoms with van der Waals surface area (Å²) in [7, 11) is 0. The van der Waals surface area contributed by atoms with E-state index in [9.17, 15) is 18.4 Å². The molecule has 0 unspecified atom stereocenters. The molecule has 0 spiro atoms. The summed E-state index contributed by atoms with van der Waals surface area (Å²) in [6.07, 6.45) is 0. The zero-order chi connectivity index (χ0) is 15.7. The van der Waals surface area contributed by atoms with Gasteiger partial charge in [-0.3, -0.25) is 4.79 Å². The van der Waals surface area contributed by atoms with Gasteiger partial charge in [0.1, 0.15) is 4.88 Å². The predicted octanol–water partition coefficient (Wildman–Crippen LogP) is 2.99. The molecule has 0 saturated carbocycles. The normalized spacial score (nSPS) is 10.5. The van der Waals surface area contributed by atoms with Crippen LogP contribution in [0.25, 0.3) is 0 Å². The quantitative estimate of drug-likeness (QED) is 0.913. The Morgan fingerprint density at radius 1 is 1.24 bits per heavy atom. The molecule has 2 aromatic rings. The van der Waals surface area contributed by atoms with Crippen molar-refractivity contribution in [2.45, 2.75) is 13.8 Å². The molecular formula is C13H10F2N2O3S. The van der Waals surface area contributed by atoms with Gasteiger partial charge in [-0.2, -0.15) is 0 Å². The summed E-state index contributed by atoms with van der Waals surface area (Å²) in [5, 5.41) is 11.9. The van der Waals surface area contributed by atoms with E-state index < -0.39 is 29.1 Å². The predicted molar refractivity (Wildman–Crippen MR) is 72.9 cm³/mol. The van der Waals surface area contributed by atoms with Gasteiger partial charge in [-0.15, -0.1) is 11.3 Å². The molecule has 0 aliphatic carbocycles. The maximum Gasteiger partial charge on any atom is 0.337 e. The van der Waals surface area contributed by atoms with Gasteiger partial charge in [0.25, 0.3) is 5.91 Å². The summed E-state index contributed by atoms with van der Waals surface area (Å²) >= 11 is 1.12. The van der Waals surface area contributed by atoms with Crippen molar-refractivity contribution >= 4 is 28.9 Å². The summed E-state index contributed by atoms with van der Waals surface area (Å²) in [6, 6.07) is 1.16. The molecule has 0 aliphatic heterocycles. The highest BCUT2D eigenvalue weighted by atomic mass is 32.1. The first-order valence-electron chi connectivity index (χ1n) is 5.77. The lowest BCUT2D eigenvalue weighted by Gasteiger charge is -2.08. The number of benzene rings is 1. The first-order valence-corrected chi connectivity index (χ1v) is 6.59. The molecule has 0 atom stereocenters. The number of amides is 1. The number of thiazole rings is 1. The standard InChI is InChI=1S/C13H10F2N2O3S/c1-5-11(21-6(2)16-5)12(18)17-10-4-9(15)8(14)3-7(10)13(19)20/h3-4H,1-2H3,(H,17,18)(H,19,20). The van der Waals surface area contributed by atoms with Gasteiger partial charge in [0.15, 0.2) is 11.6 Å². The number of aromatic nitrogens is 1. The van der Waals surface area contributed by atoms with Crippen molar-refractivity contribution < 1.29 is 23.5 Å². The molecule has 1 aromatic heterocycles. The summed E-state index contributed by atoms with van der Waals surface area (Å²) in [4.78, 5) is 27.4. The zero-order valence-corrected chi connectivity index (χ0v) is 11.8. The summed E-state index contributed by atoms with van der Waals surface area (Å²) < 4.78 is 26.3. The second-order valence-corrected chi connectivity index (χ2v) is 5.42. The van der Waals surface area contributed by atoms with E-state index in [1.807, 2.05) is 0 Å². The lowest BCUT2D eigenvalue weighted by atomic mass is 10.1. The number of anilines is 1. The van der Waals surface area contributed by atoms with Gasteiger partial charge in [0, 0.05) is 6.07 Å². The molecule has 8 heteroatoms. The van der Waals surface area contributed by atoms with E-state index in [2.05, 4.69) is 10.3 Å². The largest absolute Gasteiger partial charge is 0.478 e. The Morgan fingerprint density at radius 2 is 1.86 bits per heavy atom.